The molecule has 0 aliphatic carbocycles. The molecule has 6 heteroatoms. The van der Waals surface area contributed by atoms with Gasteiger partial charge in [-0.3, -0.25) is 4.79 Å². The Morgan fingerprint density at radius 2 is 2.15 bits per heavy atom. The van der Waals surface area contributed by atoms with Crippen molar-refractivity contribution in [3.63, 3.8) is 0 Å². The van der Waals surface area contributed by atoms with Crippen LogP contribution < -0.4 is 17.4 Å². The molecule has 0 aromatic rings. The number of carbonyl (C=O) groups is 1. The number of hydrogen-bond donors (Lipinski definition) is 4. The molecular weight excluding hydrogens is 174 g/mol. The van der Waals surface area contributed by atoms with Gasteiger partial charge in [0.1, 0.15) is 0 Å². The topological polar surface area (TPSA) is 125 Å². The van der Waals surface area contributed by atoms with E-state index in [1.165, 1.54) is 0 Å². The molecule has 1 unspecified atom stereocenters. The summed E-state index contributed by atoms with van der Waals surface area (Å²) in [6.07, 6.45) is -0.0847. The number of aliphatic hydroxyl groups excluding tert-OH is 1. The Balaban J connectivity index is 3.81. The molecule has 0 saturated heterocycles. The highest BCUT2D eigenvalue weighted by molar-refractivity contribution is 5.68. The van der Waals surface area contributed by atoms with Gasteiger partial charge < -0.3 is 21.4 Å². The highest BCUT2D eigenvalue weighted by Crippen LogP contribution is 2.10. The van der Waals surface area contributed by atoms with Crippen LogP contribution in [0.25, 0.3) is 0 Å². The molecule has 0 aliphatic rings. The number of rotatable bonds is 5. The highest BCUT2D eigenvalue weighted by atomic mass is 16.7. The van der Waals surface area contributed by atoms with Crippen molar-refractivity contribution in [2.45, 2.75) is 38.0 Å². The predicted molar refractivity (Wildman–Crippen MR) is 46.9 cm³/mol. The molecule has 0 spiro atoms. The fourth-order valence-electron chi connectivity index (χ4n) is 1.05. The van der Waals surface area contributed by atoms with Crippen LogP contribution in [-0.2, 0) is 9.63 Å². The van der Waals surface area contributed by atoms with E-state index in [9.17, 15) is 4.79 Å². The lowest BCUT2D eigenvalue weighted by Gasteiger charge is -2.25. The standard InChI is InChI=1S/C7H17N3O3/c1-5(11)4-7(8,9)3-2-6(12)13-10/h5,11H,2-4,8-10H2,1H3. The zero-order valence-electron chi connectivity index (χ0n) is 7.69. The van der Waals surface area contributed by atoms with E-state index in [1.54, 1.807) is 6.92 Å². The number of hydrogen-bond acceptors (Lipinski definition) is 6. The molecule has 0 fully saturated rings. The molecule has 6 nitrogen and oxygen atoms in total. The second kappa shape index (κ2) is 5.13. The molecule has 1 atom stereocenters. The van der Waals surface area contributed by atoms with E-state index >= 15 is 0 Å². The number of carbonyl (C=O) groups excluding carboxylic acids is 1. The van der Waals surface area contributed by atoms with Gasteiger partial charge in [0.25, 0.3) is 0 Å². The average molecular weight is 191 g/mol. The Labute approximate surface area is 77.0 Å². The van der Waals surface area contributed by atoms with Crippen LogP contribution in [0.3, 0.4) is 0 Å². The van der Waals surface area contributed by atoms with Crippen molar-refractivity contribution in [1.29, 1.82) is 0 Å². The first-order chi connectivity index (χ1) is 5.87. The minimum atomic E-state index is -1.05. The quantitative estimate of drug-likeness (QED) is 0.312. The van der Waals surface area contributed by atoms with Crippen LogP contribution in [0.5, 0.6) is 0 Å². The summed E-state index contributed by atoms with van der Waals surface area (Å²) in [4.78, 5) is 14.6. The van der Waals surface area contributed by atoms with Crippen LogP contribution in [0.4, 0.5) is 0 Å². The summed E-state index contributed by atoms with van der Waals surface area (Å²) in [5.74, 6) is 4.06. The zero-order valence-corrected chi connectivity index (χ0v) is 7.69. The van der Waals surface area contributed by atoms with Gasteiger partial charge in [-0.05, 0) is 13.3 Å². The van der Waals surface area contributed by atoms with Crippen LogP contribution in [0.1, 0.15) is 26.2 Å². The average Bonchev–Trinajstić information content (AvgIpc) is 1.98. The molecular formula is C7H17N3O3. The fourth-order valence-corrected chi connectivity index (χ4v) is 1.05. The van der Waals surface area contributed by atoms with Gasteiger partial charge in [0.15, 0.2) is 0 Å². The van der Waals surface area contributed by atoms with E-state index in [4.69, 9.17) is 16.6 Å². The maximum Gasteiger partial charge on any atom is 0.324 e. The SMILES string of the molecule is CC(O)CC(N)(N)CCC(=O)ON. The van der Waals surface area contributed by atoms with Crippen molar-refractivity contribution in [1.82, 2.24) is 0 Å². The molecule has 0 aliphatic heterocycles. The third-order valence-corrected chi connectivity index (χ3v) is 1.60. The van der Waals surface area contributed by atoms with E-state index in [1.807, 2.05) is 0 Å². The molecule has 0 aromatic carbocycles. The number of nitrogens with two attached hydrogens (primary N) is 3. The Kier molecular flexibility index (Phi) is 4.86. The first kappa shape index (κ1) is 12.3. The molecule has 13 heavy (non-hydrogen) atoms. The van der Waals surface area contributed by atoms with Gasteiger partial charge in [-0.25, -0.2) is 0 Å². The number of aliphatic hydroxyl groups is 1. The van der Waals surface area contributed by atoms with Crippen LogP contribution in [0.2, 0.25) is 0 Å². The minimum Gasteiger partial charge on any atom is -0.393 e. The lowest BCUT2D eigenvalue weighted by molar-refractivity contribution is -0.144. The molecule has 0 amide bonds. The third kappa shape index (κ3) is 6.47. The highest BCUT2D eigenvalue weighted by Gasteiger charge is 2.22. The van der Waals surface area contributed by atoms with Gasteiger partial charge in [-0.1, -0.05) is 0 Å². The summed E-state index contributed by atoms with van der Waals surface area (Å²) in [5.41, 5.74) is 10.1. The van der Waals surface area contributed by atoms with E-state index in [0.717, 1.165) is 0 Å². The molecule has 0 saturated carbocycles. The zero-order chi connectivity index (χ0) is 10.5. The minimum absolute atomic E-state index is 0.0518. The summed E-state index contributed by atoms with van der Waals surface area (Å²) in [5, 5.41) is 9.01. The summed E-state index contributed by atoms with van der Waals surface area (Å²) >= 11 is 0. The third-order valence-electron chi connectivity index (χ3n) is 1.60. The maximum atomic E-state index is 10.6. The van der Waals surface area contributed by atoms with E-state index in [-0.39, 0.29) is 19.3 Å². The second-order valence-corrected chi connectivity index (χ2v) is 3.28. The Morgan fingerprint density at radius 3 is 2.54 bits per heavy atom. The van der Waals surface area contributed by atoms with Crippen molar-refractivity contribution >= 4 is 5.97 Å². The lowest BCUT2D eigenvalue weighted by atomic mass is 9.99. The van der Waals surface area contributed by atoms with Gasteiger partial charge >= 0.3 is 5.97 Å². The predicted octanol–water partition coefficient (Wildman–Crippen LogP) is -1.43. The van der Waals surface area contributed by atoms with Gasteiger partial charge in [0.2, 0.25) is 0 Å². The molecule has 0 rings (SSSR count). The summed E-state index contributed by atoms with van der Waals surface area (Å²) in [7, 11) is 0. The molecule has 0 radical (unpaired) electrons. The largest absolute Gasteiger partial charge is 0.393 e. The van der Waals surface area contributed by atoms with Gasteiger partial charge in [0.05, 0.1) is 18.2 Å². The summed E-state index contributed by atoms with van der Waals surface area (Å²) in [6.45, 7) is 1.58. The second-order valence-electron chi connectivity index (χ2n) is 3.28. The van der Waals surface area contributed by atoms with Crippen molar-refractivity contribution in [3.05, 3.63) is 0 Å². The van der Waals surface area contributed by atoms with Gasteiger partial charge in [0, 0.05) is 6.42 Å². The first-order valence-corrected chi connectivity index (χ1v) is 4.03. The van der Waals surface area contributed by atoms with Crippen molar-refractivity contribution in [2.75, 3.05) is 0 Å². The van der Waals surface area contributed by atoms with Gasteiger partial charge in [-0.2, -0.15) is 5.90 Å². The van der Waals surface area contributed by atoms with Crippen LogP contribution in [0.15, 0.2) is 0 Å². The first-order valence-electron chi connectivity index (χ1n) is 4.03. The normalized spacial score (nSPS) is 13.9. The Hall–Kier alpha value is -0.690. The monoisotopic (exact) mass is 191 g/mol. The lowest BCUT2D eigenvalue weighted by Crippen LogP contribution is -2.51. The van der Waals surface area contributed by atoms with E-state index in [0.29, 0.717) is 0 Å². The summed E-state index contributed by atoms with van der Waals surface area (Å²) < 4.78 is 0. The maximum absolute atomic E-state index is 10.6. The van der Waals surface area contributed by atoms with Crippen LogP contribution in [-0.4, -0.2) is 22.8 Å². The Morgan fingerprint density at radius 1 is 1.62 bits per heavy atom. The van der Waals surface area contributed by atoms with E-state index < -0.39 is 17.7 Å². The smallest absolute Gasteiger partial charge is 0.324 e. The van der Waals surface area contributed by atoms with E-state index in [2.05, 4.69) is 10.7 Å². The fraction of sp³-hybridized carbons (Fsp3) is 0.857. The van der Waals surface area contributed by atoms with Crippen LogP contribution in [0, 0.1) is 0 Å². The molecule has 0 aromatic heterocycles. The van der Waals surface area contributed by atoms with Crippen molar-refractivity contribution < 1.29 is 14.7 Å². The molecule has 78 valence electrons. The Bertz CT molecular complexity index is 170. The molecule has 0 bridgehead atoms. The van der Waals surface area contributed by atoms with Crippen molar-refractivity contribution in [2.24, 2.45) is 17.4 Å². The summed E-state index contributed by atoms with van der Waals surface area (Å²) in [6, 6.07) is 0. The molecule has 7 N–H and O–H groups in total. The van der Waals surface area contributed by atoms with Crippen molar-refractivity contribution in [3.8, 4) is 0 Å². The van der Waals surface area contributed by atoms with Crippen LogP contribution >= 0.6 is 0 Å². The molecule has 0 heterocycles. The van der Waals surface area contributed by atoms with Gasteiger partial charge in [-0.15, -0.1) is 0 Å².